The van der Waals surface area contributed by atoms with Crippen molar-refractivity contribution in [1.29, 1.82) is 0 Å². The van der Waals surface area contributed by atoms with E-state index in [0.29, 0.717) is 16.1 Å². The first-order valence-corrected chi connectivity index (χ1v) is 9.87. The molecule has 9 heteroatoms. The van der Waals surface area contributed by atoms with Gasteiger partial charge in [-0.05, 0) is 63.3 Å². The number of ether oxygens (including phenoxy) is 2. The lowest BCUT2D eigenvalue weighted by Gasteiger charge is -2.23. The molecule has 1 aromatic carbocycles. The van der Waals surface area contributed by atoms with Gasteiger partial charge in [-0.25, -0.2) is 15.0 Å². The number of nitrogens with one attached hydrogen (secondary N) is 1. The number of fused-ring (bicyclic) bond motifs is 1. The molecule has 1 N–H and O–H groups in total. The lowest BCUT2D eigenvalue weighted by atomic mass is 10.2. The SMILES string of the molecule is COc1cccc(Nc2nc(Br)nc3c2ncn3C2CCCCO2)c1Br. The molecule has 7 nitrogen and oxygen atoms in total. The Labute approximate surface area is 167 Å². The molecule has 1 saturated heterocycles. The number of methoxy groups -OCH3 is 1. The molecule has 3 aromatic rings. The normalized spacial score (nSPS) is 17.4. The average molecular weight is 483 g/mol. The molecule has 3 heterocycles. The first kappa shape index (κ1) is 17.7. The maximum absolute atomic E-state index is 5.88. The third-order valence-corrected chi connectivity index (χ3v) is 5.47. The van der Waals surface area contributed by atoms with Gasteiger partial charge < -0.3 is 14.8 Å². The van der Waals surface area contributed by atoms with E-state index in [1.807, 2.05) is 22.8 Å². The summed E-state index contributed by atoms with van der Waals surface area (Å²) < 4.78 is 14.5. The van der Waals surface area contributed by atoms with E-state index in [0.717, 1.165) is 47.4 Å². The zero-order chi connectivity index (χ0) is 18.1. The highest BCUT2D eigenvalue weighted by Gasteiger charge is 2.21. The van der Waals surface area contributed by atoms with E-state index in [4.69, 9.17) is 9.47 Å². The van der Waals surface area contributed by atoms with Gasteiger partial charge in [0, 0.05) is 6.61 Å². The molecule has 1 aliphatic rings. The Bertz CT molecular complexity index is 940. The summed E-state index contributed by atoms with van der Waals surface area (Å²) in [5.74, 6) is 1.35. The summed E-state index contributed by atoms with van der Waals surface area (Å²) in [6, 6.07) is 5.74. The lowest BCUT2D eigenvalue weighted by molar-refractivity contribution is -0.0298. The predicted octanol–water partition coefficient (Wildman–Crippen LogP) is 4.80. The molecule has 0 bridgehead atoms. The summed E-state index contributed by atoms with van der Waals surface area (Å²) in [4.78, 5) is 13.5. The first-order valence-electron chi connectivity index (χ1n) is 8.28. The van der Waals surface area contributed by atoms with Crippen molar-refractivity contribution < 1.29 is 9.47 Å². The van der Waals surface area contributed by atoms with Crippen LogP contribution in [0.2, 0.25) is 0 Å². The van der Waals surface area contributed by atoms with E-state index in [1.54, 1.807) is 13.4 Å². The van der Waals surface area contributed by atoms with Crippen LogP contribution in [-0.2, 0) is 4.74 Å². The quantitative estimate of drug-likeness (QED) is 0.538. The molecule has 136 valence electrons. The van der Waals surface area contributed by atoms with Crippen LogP contribution in [-0.4, -0.2) is 33.2 Å². The van der Waals surface area contributed by atoms with Gasteiger partial charge >= 0.3 is 0 Å². The van der Waals surface area contributed by atoms with Crippen molar-refractivity contribution >= 4 is 54.5 Å². The molecular weight excluding hydrogens is 466 g/mol. The highest BCUT2D eigenvalue weighted by atomic mass is 79.9. The third kappa shape index (κ3) is 3.30. The summed E-state index contributed by atoms with van der Waals surface area (Å²) in [6.07, 6.45) is 4.92. The van der Waals surface area contributed by atoms with Crippen molar-refractivity contribution in [3.8, 4) is 5.75 Å². The number of halogens is 2. The van der Waals surface area contributed by atoms with Gasteiger partial charge in [-0.15, -0.1) is 0 Å². The maximum Gasteiger partial charge on any atom is 0.200 e. The Kier molecular flexibility index (Phi) is 5.10. The Morgan fingerprint density at radius 1 is 1.27 bits per heavy atom. The summed E-state index contributed by atoms with van der Waals surface area (Å²) in [6.45, 7) is 0.762. The minimum atomic E-state index is -0.0352. The van der Waals surface area contributed by atoms with Crippen molar-refractivity contribution in [1.82, 2.24) is 19.5 Å². The van der Waals surface area contributed by atoms with E-state index >= 15 is 0 Å². The molecule has 0 amide bonds. The summed E-state index contributed by atoms with van der Waals surface area (Å²) in [5.41, 5.74) is 2.26. The Morgan fingerprint density at radius 2 is 2.15 bits per heavy atom. The molecule has 1 atom stereocenters. The van der Waals surface area contributed by atoms with Crippen LogP contribution in [0.4, 0.5) is 11.5 Å². The highest BCUT2D eigenvalue weighted by molar-refractivity contribution is 9.10. The molecule has 0 saturated carbocycles. The van der Waals surface area contributed by atoms with E-state index < -0.39 is 0 Å². The minimum absolute atomic E-state index is 0.0352. The number of nitrogens with zero attached hydrogens (tertiary/aromatic N) is 4. The van der Waals surface area contributed by atoms with Crippen LogP contribution >= 0.6 is 31.9 Å². The molecule has 2 aromatic heterocycles. The van der Waals surface area contributed by atoms with Gasteiger partial charge in [0.15, 0.2) is 17.0 Å². The maximum atomic E-state index is 5.88. The zero-order valence-electron chi connectivity index (χ0n) is 14.1. The van der Waals surface area contributed by atoms with Crippen LogP contribution in [0.3, 0.4) is 0 Å². The first-order chi connectivity index (χ1) is 12.7. The lowest BCUT2D eigenvalue weighted by Crippen LogP contribution is -2.17. The van der Waals surface area contributed by atoms with Crippen molar-refractivity contribution in [2.75, 3.05) is 19.0 Å². The molecule has 0 aliphatic carbocycles. The Hall–Kier alpha value is -1.71. The van der Waals surface area contributed by atoms with Crippen LogP contribution in [0.25, 0.3) is 11.2 Å². The second kappa shape index (κ2) is 7.50. The van der Waals surface area contributed by atoms with Crippen molar-refractivity contribution in [2.45, 2.75) is 25.5 Å². The van der Waals surface area contributed by atoms with Gasteiger partial charge in [0.25, 0.3) is 0 Å². The molecule has 1 unspecified atom stereocenters. The van der Waals surface area contributed by atoms with Crippen molar-refractivity contribution in [3.05, 3.63) is 33.7 Å². The fraction of sp³-hybridized carbons (Fsp3) is 0.353. The molecule has 1 fully saturated rings. The van der Waals surface area contributed by atoms with E-state index in [9.17, 15) is 0 Å². The zero-order valence-corrected chi connectivity index (χ0v) is 17.2. The van der Waals surface area contributed by atoms with Gasteiger partial charge in [0.05, 0.1) is 23.6 Å². The predicted molar refractivity (Wildman–Crippen MR) is 106 cm³/mol. The Morgan fingerprint density at radius 3 is 2.92 bits per heavy atom. The fourth-order valence-electron chi connectivity index (χ4n) is 3.02. The molecule has 0 radical (unpaired) electrons. The second-order valence-electron chi connectivity index (χ2n) is 5.93. The standard InChI is InChI=1S/C17H17Br2N5O2/c1-25-11-6-4-5-10(13(11)18)21-15-14-16(23-17(19)22-15)24(9-20-14)12-7-2-3-8-26-12/h4-6,9,12H,2-3,7-8H2,1H3,(H,21,22,23). The van der Waals surface area contributed by atoms with Crippen LogP contribution in [0.1, 0.15) is 25.5 Å². The number of anilines is 2. The van der Waals surface area contributed by atoms with Crippen LogP contribution in [0.15, 0.2) is 33.7 Å². The number of aromatic nitrogens is 4. The highest BCUT2D eigenvalue weighted by Crippen LogP contribution is 2.35. The van der Waals surface area contributed by atoms with Gasteiger partial charge in [-0.3, -0.25) is 4.57 Å². The third-order valence-electron chi connectivity index (χ3n) is 4.30. The van der Waals surface area contributed by atoms with Gasteiger partial charge in [0.2, 0.25) is 4.73 Å². The van der Waals surface area contributed by atoms with Crippen LogP contribution in [0.5, 0.6) is 5.75 Å². The van der Waals surface area contributed by atoms with Crippen LogP contribution in [0, 0.1) is 0 Å². The minimum Gasteiger partial charge on any atom is -0.495 e. The summed E-state index contributed by atoms with van der Waals surface area (Å²) in [5, 5.41) is 3.32. The van der Waals surface area contributed by atoms with Crippen molar-refractivity contribution in [3.63, 3.8) is 0 Å². The molecule has 4 rings (SSSR count). The molecular formula is C17H17Br2N5O2. The average Bonchev–Trinajstić information content (AvgIpc) is 3.08. The molecule has 1 aliphatic heterocycles. The molecule has 0 spiro atoms. The second-order valence-corrected chi connectivity index (χ2v) is 7.44. The van der Waals surface area contributed by atoms with E-state index in [2.05, 4.69) is 52.1 Å². The molecule has 26 heavy (non-hydrogen) atoms. The van der Waals surface area contributed by atoms with E-state index in [1.165, 1.54) is 0 Å². The number of rotatable bonds is 4. The number of benzene rings is 1. The van der Waals surface area contributed by atoms with Gasteiger partial charge in [0.1, 0.15) is 12.0 Å². The summed E-state index contributed by atoms with van der Waals surface area (Å²) in [7, 11) is 1.63. The summed E-state index contributed by atoms with van der Waals surface area (Å²) >= 11 is 6.97. The number of hydrogen-bond acceptors (Lipinski definition) is 6. The largest absolute Gasteiger partial charge is 0.495 e. The van der Waals surface area contributed by atoms with Crippen molar-refractivity contribution in [2.24, 2.45) is 0 Å². The van der Waals surface area contributed by atoms with Crippen LogP contribution < -0.4 is 10.1 Å². The number of imidazole rings is 1. The monoisotopic (exact) mass is 481 g/mol. The Balaban J connectivity index is 1.75. The van der Waals surface area contributed by atoms with E-state index in [-0.39, 0.29) is 6.23 Å². The smallest absolute Gasteiger partial charge is 0.200 e. The number of hydrogen-bond donors (Lipinski definition) is 1. The van der Waals surface area contributed by atoms with Gasteiger partial charge in [-0.2, -0.15) is 0 Å². The fourth-order valence-corrected chi connectivity index (χ4v) is 3.89. The van der Waals surface area contributed by atoms with Gasteiger partial charge in [-0.1, -0.05) is 6.07 Å². The topological polar surface area (TPSA) is 74.1 Å².